The first-order chi connectivity index (χ1) is 12.9. The number of oxazole rings is 1. The van der Waals surface area contributed by atoms with E-state index in [-0.39, 0.29) is 0 Å². The number of hydrogen-bond acceptors (Lipinski definition) is 5. The maximum atomic E-state index is 12.6. The molecule has 0 amide bonds. The van der Waals surface area contributed by atoms with Gasteiger partial charge in [-0.05, 0) is 30.3 Å². The standard InChI is InChI=1S/C18H10ClF3N2OS2/c19-12-5-6-15-14(7-12)24-17(25-15)27-9-13-8-26-16(23-13)10-1-3-11(4-2-10)18(20,21)22/h1-8H,9H2. The quantitative estimate of drug-likeness (QED) is 0.332. The molecule has 0 spiro atoms. The van der Waals surface area contributed by atoms with Crippen molar-refractivity contribution in [1.82, 2.24) is 9.97 Å². The van der Waals surface area contributed by atoms with Crippen LogP contribution in [0.2, 0.25) is 5.02 Å². The number of alkyl halides is 3. The molecular weight excluding hydrogens is 417 g/mol. The maximum absolute atomic E-state index is 12.6. The molecule has 27 heavy (non-hydrogen) atoms. The Labute approximate surface area is 165 Å². The Morgan fingerprint density at radius 1 is 1.07 bits per heavy atom. The van der Waals surface area contributed by atoms with Crippen LogP contribution in [0.1, 0.15) is 11.3 Å². The lowest BCUT2D eigenvalue weighted by atomic mass is 10.1. The van der Waals surface area contributed by atoms with E-state index in [0.717, 1.165) is 17.8 Å². The molecule has 0 saturated heterocycles. The summed E-state index contributed by atoms with van der Waals surface area (Å²) in [6.45, 7) is 0. The van der Waals surface area contributed by atoms with Gasteiger partial charge >= 0.3 is 6.18 Å². The van der Waals surface area contributed by atoms with Crippen molar-refractivity contribution in [3.63, 3.8) is 0 Å². The van der Waals surface area contributed by atoms with Gasteiger partial charge in [0.25, 0.3) is 5.22 Å². The number of hydrogen-bond donors (Lipinski definition) is 0. The van der Waals surface area contributed by atoms with Gasteiger partial charge in [0.2, 0.25) is 0 Å². The molecule has 0 fully saturated rings. The van der Waals surface area contributed by atoms with Gasteiger partial charge in [0.1, 0.15) is 10.5 Å². The van der Waals surface area contributed by atoms with E-state index in [0.29, 0.717) is 37.7 Å². The SMILES string of the molecule is FC(F)(F)c1ccc(-c2nc(CSc3nc4cc(Cl)ccc4o3)cs2)cc1. The molecule has 0 aliphatic heterocycles. The molecule has 2 heterocycles. The van der Waals surface area contributed by atoms with Gasteiger partial charge in [0.15, 0.2) is 5.58 Å². The molecule has 0 atom stereocenters. The molecule has 2 aromatic heterocycles. The van der Waals surface area contributed by atoms with Crippen LogP contribution in [0.25, 0.3) is 21.7 Å². The Morgan fingerprint density at radius 3 is 2.59 bits per heavy atom. The van der Waals surface area contributed by atoms with E-state index in [9.17, 15) is 13.2 Å². The van der Waals surface area contributed by atoms with Crippen LogP contribution in [-0.2, 0) is 11.9 Å². The van der Waals surface area contributed by atoms with Gasteiger partial charge in [-0.3, -0.25) is 0 Å². The Kier molecular flexibility index (Phi) is 4.88. The van der Waals surface area contributed by atoms with Gasteiger partial charge in [0.05, 0.1) is 11.3 Å². The highest BCUT2D eigenvalue weighted by molar-refractivity contribution is 7.98. The molecule has 0 unspecified atom stereocenters. The fourth-order valence-electron chi connectivity index (χ4n) is 2.38. The van der Waals surface area contributed by atoms with E-state index in [1.54, 1.807) is 18.2 Å². The summed E-state index contributed by atoms with van der Waals surface area (Å²) in [4.78, 5) is 8.85. The topological polar surface area (TPSA) is 38.9 Å². The molecule has 4 aromatic rings. The van der Waals surface area contributed by atoms with Gasteiger partial charge in [-0.15, -0.1) is 11.3 Å². The third-order valence-corrected chi connectivity index (χ3v) is 5.72. The molecule has 0 saturated carbocycles. The average Bonchev–Trinajstić information content (AvgIpc) is 3.25. The number of halogens is 4. The number of aromatic nitrogens is 2. The van der Waals surface area contributed by atoms with E-state index in [1.165, 1.54) is 35.2 Å². The zero-order valence-electron chi connectivity index (χ0n) is 13.5. The molecule has 2 aromatic carbocycles. The third kappa shape index (κ3) is 4.12. The van der Waals surface area contributed by atoms with E-state index in [4.69, 9.17) is 16.0 Å². The minimum Gasteiger partial charge on any atom is -0.431 e. The smallest absolute Gasteiger partial charge is 0.416 e. The molecule has 138 valence electrons. The summed E-state index contributed by atoms with van der Waals surface area (Å²) >= 11 is 8.72. The molecule has 0 N–H and O–H groups in total. The molecule has 4 rings (SSSR count). The minimum absolute atomic E-state index is 0.511. The largest absolute Gasteiger partial charge is 0.431 e. The van der Waals surface area contributed by atoms with Crippen LogP contribution in [0, 0.1) is 0 Å². The number of benzene rings is 2. The van der Waals surface area contributed by atoms with Crippen LogP contribution in [0.3, 0.4) is 0 Å². The lowest BCUT2D eigenvalue weighted by molar-refractivity contribution is -0.137. The second-order valence-electron chi connectivity index (χ2n) is 5.60. The van der Waals surface area contributed by atoms with Crippen LogP contribution in [0.15, 0.2) is 57.5 Å². The van der Waals surface area contributed by atoms with Crippen LogP contribution < -0.4 is 0 Å². The molecule has 9 heteroatoms. The molecule has 0 aliphatic carbocycles. The first-order valence-corrected chi connectivity index (χ1v) is 9.94. The van der Waals surface area contributed by atoms with Crippen LogP contribution >= 0.6 is 34.7 Å². The van der Waals surface area contributed by atoms with E-state index in [1.807, 2.05) is 5.38 Å². The van der Waals surface area contributed by atoms with Crippen molar-refractivity contribution in [3.05, 3.63) is 64.1 Å². The highest BCUT2D eigenvalue weighted by atomic mass is 35.5. The van der Waals surface area contributed by atoms with Gasteiger partial charge in [-0.1, -0.05) is 35.5 Å². The van der Waals surface area contributed by atoms with E-state index < -0.39 is 11.7 Å². The highest BCUT2D eigenvalue weighted by Crippen LogP contribution is 2.33. The van der Waals surface area contributed by atoms with Crippen LogP contribution in [0.4, 0.5) is 13.2 Å². The second-order valence-corrected chi connectivity index (χ2v) is 7.82. The van der Waals surface area contributed by atoms with Crippen molar-refractivity contribution in [1.29, 1.82) is 0 Å². The molecule has 0 radical (unpaired) electrons. The lowest BCUT2D eigenvalue weighted by Crippen LogP contribution is -2.03. The van der Waals surface area contributed by atoms with Crippen molar-refractivity contribution < 1.29 is 17.6 Å². The fraction of sp³-hybridized carbons (Fsp3) is 0.111. The zero-order chi connectivity index (χ0) is 19.0. The fourth-order valence-corrected chi connectivity index (χ4v) is 4.21. The van der Waals surface area contributed by atoms with Crippen molar-refractivity contribution >= 4 is 45.8 Å². The van der Waals surface area contributed by atoms with Crippen LogP contribution in [-0.4, -0.2) is 9.97 Å². The molecule has 0 aliphatic rings. The number of thioether (sulfide) groups is 1. The van der Waals surface area contributed by atoms with Crippen molar-refractivity contribution in [2.24, 2.45) is 0 Å². The molecular formula is C18H10ClF3N2OS2. The second kappa shape index (κ2) is 7.18. The van der Waals surface area contributed by atoms with Gasteiger partial charge < -0.3 is 4.42 Å². The Bertz CT molecular complexity index is 1090. The summed E-state index contributed by atoms with van der Waals surface area (Å²) in [7, 11) is 0. The van der Waals surface area contributed by atoms with Crippen LogP contribution in [0.5, 0.6) is 0 Å². The van der Waals surface area contributed by atoms with Crippen molar-refractivity contribution in [2.45, 2.75) is 17.2 Å². The predicted molar refractivity (Wildman–Crippen MR) is 101 cm³/mol. The average molecular weight is 427 g/mol. The minimum atomic E-state index is -4.34. The summed E-state index contributed by atoms with van der Waals surface area (Å²) in [5.74, 6) is 0.539. The number of fused-ring (bicyclic) bond motifs is 1. The summed E-state index contributed by atoms with van der Waals surface area (Å²) < 4.78 is 43.6. The Morgan fingerprint density at radius 2 is 1.85 bits per heavy atom. The predicted octanol–water partition coefficient (Wildman–Crippen LogP) is 6.92. The zero-order valence-corrected chi connectivity index (χ0v) is 15.8. The highest BCUT2D eigenvalue weighted by Gasteiger charge is 2.30. The maximum Gasteiger partial charge on any atom is 0.416 e. The van der Waals surface area contributed by atoms with Gasteiger partial charge in [0, 0.05) is 21.7 Å². The number of nitrogens with zero attached hydrogens (tertiary/aromatic N) is 2. The molecule has 0 bridgehead atoms. The summed E-state index contributed by atoms with van der Waals surface area (Å²) in [6.07, 6.45) is -4.34. The van der Waals surface area contributed by atoms with Crippen molar-refractivity contribution in [3.8, 4) is 10.6 Å². The monoisotopic (exact) mass is 426 g/mol. The van der Waals surface area contributed by atoms with Gasteiger partial charge in [-0.25, -0.2) is 9.97 Å². The Hall–Kier alpha value is -2.03. The summed E-state index contributed by atoms with van der Waals surface area (Å²) in [6, 6.07) is 10.2. The normalized spacial score (nSPS) is 12.0. The number of thiazole rings is 1. The first-order valence-electron chi connectivity index (χ1n) is 7.69. The number of rotatable bonds is 4. The Balaban J connectivity index is 1.46. The lowest BCUT2D eigenvalue weighted by Gasteiger charge is -2.06. The summed E-state index contributed by atoms with van der Waals surface area (Å²) in [5.41, 5.74) is 2.13. The van der Waals surface area contributed by atoms with E-state index >= 15 is 0 Å². The first kappa shape index (κ1) is 18.3. The van der Waals surface area contributed by atoms with Crippen molar-refractivity contribution in [2.75, 3.05) is 0 Å². The third-order valence-electron chi connectivity index (χ3n) is 3.68. The molecule has 3 nitrogen and oxygen atoms in total. The van der Waals surface area contributed by atoms with E-state index in [2.05, 4.69) is 9.97 Å². The summed E-state index contributed by atoms with van der Waals surface area (Å²) in [5, 5.41) is 3.65. The van der Waals surface area contributed by atoms with Gasteiger partial charge in [-0.2, -0.15) is 13.2 Å².